The van der Waals surface area contributed by atoms with Gasteiger partial charge in [0.1, 0.15) is 5.76 Å². The highest BCUT2D eigenvalue weighted by atomic mass is 16.5. The average Bonchev–Trinajstić information content (AvgIpc) is 3.43. The maximum absolute atomic E-state index is 13.5. The summed E-state index contributed by atoms with van der Waals surface area (Å²) in [5, 5.41) is 0. The fourth-order valence-electron chi connectivity index (χ4n) is 4.47. The third-order valence-electron chi connectivity index (χ3n) is 6.76. The molecular weight excluding hydrogens is 454 g/mol. The van der Waals surface area contributed by atoms with Crippen LogP contribution in [-0.2, 0) is 27.3 Å². The summed E-state index contributed by atoms with van der Waals surface area (Å²) in [6.07, 6.45) is 8.38. The Morgan fingerprint density at radius 3 is 2.39 bits per heavy atom. The number of carbonyl (C=O) groups is 2. The monoisotopic (exact) mass is 497 g/mol. The lowest BCUT2D eigenvalue weighted by molar-refractivity contribution is -0.141. The van der Waals surface area contributed by atoms with Crippen LogP contribution in [0.5, 0.6) is 0 Å². The highest BCUT2D eigenvalue weighted by Gasteiger charge is 2.23. The summed E-state index contributed by atoms with van der Waals surface area (Å²) in [5.41, 5.74) is 1.18. The Kier molecular flexibility index (Phi) is 12.6. The molecule has 2 amide bonds. The first kappa shape index (κ1) is 27.9. The van der Waals surface area contributed by atoms with Crippen molar-refractivity contribution in [2.45, 2.75) is 58.4 Å². The predicted octanol–water partition coefficient (Wildman–Crippen LogP) is 4.37. The topological polar surface area (TPSA) is 66.2 Å². The van der Waals surface area contributed by atoms with Crippen LogP contribution in [0.1, 0.15) is 56.8 Å². The smallest absolute Gasteiger partial charge is 0.242 e. The van der Waals surface area contributed by atoms with Gasteiger partial charge in [0.2, 0.25) is 11.8 Å². The second kappa shape index (κ2) is 16.2. The summed E-state index contributed by atoms with van der Waals surface area (Å²) in [6.45, 7) is 7.79. The third kappa shape index (κ3) is 10.2. The van der Waals surface area contributed by atoms with Gasteiger partial charge in [-0.3, -0.25) is 14.5 Å². The van der Waals surface area contributed by atoms with Crippen molar-refractivity contribution in [3.63, 3.8) is 0 Å². The SMILES string of the molecule is CCCCCCCC(=O)N(CCN1CCOCC1)CC(=O)N(CCc1ccccc1)Cc1ccco1. The van der Waals surface area contributed by atoms with E-state index in [1.807, 2.05) is 35.2 Å². The van der Waals surface area contributed by atoms with E-state index in [0.717, 1.165) is 64.3 Å². The lowest BCUT2D eigenvalue weighted by Gasteiger charge is -2.31. The van der Waals surface area contributed by atoms with Crippen LogP contribution in [0.2, 0.25) is 0 Å². The molecule has 0 bridgehead atoms. The van der Waals surface area contributed by atoms with Crippen molar-refractivity contribution in [1.82, 2.24) is 14.7 Å². The number of ether oxygens (including phenoxy) is 1. The fraction of sp³-hybridized carbons (Fsp3) is 0.586. The van der Waals surface area contributed by atoms with E-state index in [2.05, 4.69) is 24.0 Å². The number of hydrogen-bond donors (Lipinski definition) is 0. The standard InChI is InChI=1S/C29H43N3O4/c1-2-3-4-5-9-14-28(33)32(18-17-30-19-22-35-23-20-30)25-29(34)31(24-27-13-10-21-36-27)16-15-26-11-7-6-8-12-26/h6-8,10-13,21H,2-5,9,14-20,22-25H2,1H3. The molecule has 1 aliphatic heterocycles. The van der Waals surface area contributed by atoms with Crippen molar-refractivity contribution in [1.29, 1.82) is 0 Å². The molecule has 1 aromatic heterocycles. The van der Waals surface area contributed by atoms with Gasteiger partial charge in [0.25, 0.3) is 0 Å². The maximum atomic E-state index is 13.5. The molecule has 0 saturated carbocycles. The molecule has 7 heteroatoms. The highest BCUT2D eigenvalue weighted by Crippen LogP contribution is 2.12. The Morgan fingerprint density at radius 2 is 1.67 bits per heavy atom. The fourth-order valence-corrected chi connectivity index (χ4v) is 4.47. The highest BCUT2D eigenvalue weighted by molar-refractivity contribution is 5.84. The van der Waals surface area contributed by atoms with Crippen LogP contribution in [-0.4, -0.2) is 79.0 Å². The summed E-state index contributed by atoms with van der Waals surface area (Å²) in [5.74, 6) is 0.788. The van der Waals surface area contributed by atoms with Gasteiger partial charge in [0.05, 0.1) is 32.6 Å². The number of hydrogen-bond acceptors (Lipinski definition) is 5. The Balaban J connectivity index is 1.62. The first-order valence-corrected chi connectivity index (χ1v) is 13.6. The van der Waals surface area contributed by atoms with Crippen molar-refractivity contribution in [2.24, 2.45) is 0 Å². The van der Waals surface area contributed by atoms with Crippen LogP contribution in [0.4, 0.5) is 0 Å². The lowest BCUT2D eigenvalue weighted by Crippen LogP contribution is -2.47. The molecule has 1 aliphatic rings. The number of furan rings is 1. The zero-order valence-corrected chi connectivity index (χ0v) is 21.9. The molecule has 0 N–H and O–H groups in total. The number of unbranched alkanes of at least 4 members (excludes halogenated alkanes) is 4. The minimum atomic E-state index is -0.0383. The van der Waals surface area contributed by atoms with E-state index in [4.69, 9.17) is 9.15 Å². The Bertz CT molecular complexity index is 866. The van der Waals surface area contributed by atoms with E-state index in [-0.39, 0.29) is 18.4 Å². The van der Waals surface area contributed by atoms with Gasteiger partial charge >= 0.3 is 0 Å². The number of benzene rings is 1. The molecular formula is C29H43N3O4. The molecule has 1 aromatic carbocycles. The summed E-state index contributed by atoms with van der Waals surface area (Å²) < 4.78 is 11.0. The van der Waals surface area contributed by atoms with Crippen LogP contribution < -0.4 is 0 Å². The van der Waals surface area contributed by atoms with Gasteiger partial charge in [-0.25, -0.2) is 0 Å². The van der Waals surface area contributed by atoms with E-state index < -0.39 is 0 Å². The van der Waals surface area contributed by atoms with Gasteiger partial charge in [-0.1, -0.05) is 62.9 Å². The van der Waals surface area contributed by atoms with Crippen LogP contribution in [0, 0.1) is 0 Å². The van der Waals surface area contributed by atoms with Gasteiger partial charge in [0.15, 0.2) is 0 Å². The molecule has 0 atom stereocenters. The summed E-state index contributed by atoms with van der Waals surface area (Å²) in [6, 6.07) is 13.9. The molecule has 0 spiro atoms. The minimum absolute atomic E-state index is 0.0383. The van der Waals surface area contributed by atoms with Crippen LogP contribution in [0.15, 0.2) is 53.1 Å². The van der Waals surface area contributed by atoms with Crippen molar-refractivity contribution in [3.05, 3.63) is 60.1 Å². The molecule has 0 aliphatic carbocycles. The summed E-state index contributed by atoms with van der Waals surface area (Å²) in [4.78, 5) is 32.6. The van der Waals surface area contributed by atoms with Crippen molar-refractivity contribution in [2.75, 3.05) is 52.5 Å². The molecule has 7 nitrogen and oxygen atoms in total. The Morgan fingerprint density at radius 1 is 0.889 bits per heavy atom. The Labute approximate surface area is 216 Å². The van der Waals surface area contributed by atoms with Crippen LogP contribution >= 0.6 is 0 Å². The number of amides is 2. The quantitative estimate of drug-likeness (QED) is 0.322. The normalized spacial score (nSPS) is 14.0. The number of carbonyl (C=O) groups excluding carboxylic acids is 2. The molecule has 3 rings (SSSR count). The van der Waals surface area contributed by atoms with E-state index in [9.17, 15) is 9.59 Å². The first-order chi connectivity index (χ1) is 17.7. The molecule has 2 aromatic rings. The van der Waals surface area contributed by atoms with Crippen LogP contribution in [0.3, 0.4) is 0 Å². The van der Waals surface area contributed by atoms with E-state index in [1.165, 1.54) is 18.4 Å². The van der Waals surface area contributed by atoms with Crippen molar-refractivity contribution in [3.8, 4) is 0 Å². The van der Waals surface area contributed by atoms with Crippen LogP contribution in [0.25, 0.3) is 0 Å². The predicted molar refractivity (Wildman–Crippen MR) is 141 cm³/mol. The van der Waals surface area contributed by atoms with E-state index >= 15 is 0 Å². The largest absolute Gasteiger partial charge is 0.467 e. The first-order valence-electron chi connectivity index (χ1n) is 13.6. The van der Waals surface area contributed by atoms with E-state index in [0.29, 0.717) is 26.1 Å². The number of morpholine rings is 1. The van der Waals surface area contributed by atoms with E-state index in [1.54, 1.807) is 11.2 Å². The minimum Gasteiger partial charge on any atom is -0.467 e. The van der Waals surface area contributed by atoms with Crippen molar-refractivity contribution >= 4 is 11.8 Å². The maximum Gasteiger partial charge on any atom is 0.242 e. The van der Waals surface area contributed by atoms with Gasteiger partial charge in [0, 0.05) is 39.1 Å². The zero-order valence-electron chi connectivity index (χ0n) is 21.9. The molecule has 1 saturated heterocycles. The summed E-state index contributed by atoms with van der Waals surface area (Å²) >= 11 is 0. The average molecular weight is 498 g/mol. The van der Waals surface area contributed by atoms with Gasteiger partial charge in [-0.2, -0.15) is 0 Å². The second-order valence-corrected chi connectivity index (χ2v) is 9.56. The Hall–Kier alpha value is -2.64. The number of nitrogens with zero attached hydrogens (tertiary/aromatic N) is 3. The van der Waals surface area contributed by atoms with Gasteiger partial charge < -0.3 is 19.0 Å². The zero-order chi connectivity index (χ0) is 25.4. The molecule has 36 heavy (non-hydrogen) atoms. The lowest BCUT2D eigenvalue weighted by atomic mass is 10.1. The van der Waals surface area contributed by atoms with Crippen molar-refractivity contribution < 1.29 is 18.7 Å². The summed E-state index contributed by atoms with van der Waals surface area (Å²) in [7, 11) is 0. The van der Waals surface area contributed by atoms with Gasteiger partial charge in [-0.15, -0.1) is 0 Å². The molecule has 0 unspecified atom stereocenters. The van der Waals surface area contributed by atoms with Gasteiger partial charge in [-0.05, 0) is 30.5 Å². The molecule has 0 radical (unpaired) electrons. The second-order valence-electron chi connectivity index (χ2n) is 9.56. The molecule has 2 heterocycles. The molecule has 198 valence electrons. The third-order valence-corrected chi connectivity index (χ3v) is 6.76. The number of rotatable bonds is 16. The molecule has 1 fully saturated rings.